The smallest absolute Gasteiger partial charge is 0.240 e. The maximum absolute atomic E-state index is 12.2. The maximum Gasteiger partial charge on any atom is 0.240 e. The van der Waals surface area contributed by atoms with E-state index in [1.807, 2.05) is 26.3 Å². The largest absolute Gasteiger partial charge is 0.316 e. The first-order valence-corrected chi connectivity index (χ1v) is 9.12. The van der Waals surface area contributed by atoms with Crippen molar-refractivity contribution >= 4 is 21.8 Å². The van der Waals surface area contributed by atoms with Crippen LogP contribution in [-0.2, 0) is 16.6 Å². The molecule has 0 saturated heterocycles. The molecule has 0 bridgehead atoms. The average Bonchev–Trinajstić information content (AvgIpc) is 2.36. The van der Waals surface area contributed by atoms with Gasteiger partial charge in [-0.25, -0.2) is 13.1 Å². The summed E-state index contributed by atoms with van der Waals surface area (Å²) in [6.07, 6.45) is 2.85. The van der Waals surface area contributed by atoms with Crippen LogP contribution in [0.15, 0.2) is 29.2 Å². The topological polar surface area (TPSA) is 58.2 Å². The fraction of sp³-hybridized carbons (Fsp3) is 0.538. The highest BCUT2D eigenvalue weighted by Gasteiger charge is 2.17. The van der Waals surface area contributed by atoms with Crippen molar-refractivity contribution in [1.82, 2.24) is 10.0 Å². The second-order valence-electron chi connectivity index (χ2n) is 4.48. The quantitative estimate of drug-likeness (QED) is 0.769. The number of sulfonamides is 1. The molecule has 1 aromatic rings. The molecule has 0 radical (unpaired) electrons. The summed E-state index contributed by atoms with van der Waals surface area (Å²) < 4.78 is 27.2. The van der Waals surface area contributed by atoms with Gasteiger partial charge in [-0.3, -0.25) is 0 Å². The van der Waals surface area contributed by atoms with Gasteiger partial charge < -0.3 is 5.32 Å². The predicted octanol–water partition coefficient (Wildman–Crippen LogP) is 1.83. The third-order valence-electron chi connectivity index (χ3n) is 2.70. The molecule has 1 aromatic carbocycles. The minimum Gasteiger partial charge on any atom is -0.316 e. The molecule has 0 aromatic heterocycles. The van der Waals surface area contributed by atoms with Crippen molar-refractivity contribution in [2.24, 2.45) is 0 Å². The molecule has 4 nitrogen and oxygen atoms in total. The summed E-state index contributed by atoms with van der Waals surface area (Å²) in [6, 6.07) is 6.97. The molecular weight excluding hydrogens is 280 g/mol. The van der Waals surface area contributed by atoms with Gasteiger partial charge in [0.25, 0.3) is 0 Å². The minimum absolute atomic E-state index is 0.0505. The average molecular weight is 302 g/mol. The number of rotatable bonds is 8. The molecule has 0 heterocycles. The number of thioether (sulfide) groups is 1. The van der Waals surface area contributed by atoms with E-state index < -0.39 is 10.0 Å². The van der Waals surface area contributed by atoms with Crippen LogP contribution in [0.4, 0.5) is 0 Å². The molecule has 108 valence electrons. The summed E-state index contributed by atoms with van der Waals surface area (Å²) in [6.45, 7) is 2.55. The molecule has 1 atom stereocenters. The van der Waals surface area contributed by atoms with Crippen LogP contribution < -0.4 is 10.0 Å². The number of hydrogen-bond donors (Lipinski definition) is 2. The van der Waals surface area contributed by atoms with Gasteiger partial charge in [-0.1, -0.05) is 12.1 Å². The Morgan fingerprint density at radius 1 is 1.37 bits per heavy atom. The third-order valence-corrected chi connectivity index (χ3v) is 4.93. The van der Waals surface area contributed by atoms with Gasteiger partial charge in [0.1, 0.15) is 0 Å². The van der Waals surface area contributed by atoms with Crippen molar-refractivity contribution in [1.29, 1.82) is 0 Å². The highest BCUT2D eigenvalue weighted by molar-refractivity contribution is 7.98. The molecule has 19 heavy (non-hydrogen) atoms. The fourth-order valence-electron chi connectivity index (χ4n) is 1.71. The molecule has 1 rings (SSSR count). The first kappa shape index (κ1) is 16.5. The van der Waals surface area contributed by atoms with Crippen LogP contribution in [-0.4, -0.2) is 33.5 Å². The van der Waals surface area contributed by atoms with Crippen molar-refractivity contribution in [2.45, 2.75) is 30.8 Å². The molecule has 0 aliphatic carbocycles. The maximum atomic E-state index is 12.2. The van der Waals surface area contributed by atoms with E-state index >= 15 is 0 Å². The Kier molecular flexibility index (Phi) is 6.85. The van der Waals surface area contributed by atoms with Crippen LogP contribution >= 0.6 is 11.8 Å². The van der Waals surface area contributed by atoms with Gasteiger partial charge in [0.05, 0.1) is 4.90 Å². The Labute approximate surface area is 120 Å². The summed E-state index contributed by atoms with van der Waals surface area (Å²) in [5.41, 5.74) is 0.960. The highest BCUT2D eigenvalue weighted by atomic mass is 32.2. The van der Waals surface area contributed by atoms with Gasteiger partial charge in [-0.15, -0.1) is 0 Å². The van der Waals surface area contributed by atoms with Crippen LogP contribution in [0.2, 0.25) is 0 Å². The van der Waals surface area contributed by atoms with E-state index in [1.165, 1.54) is 0 Å². The highest BCUT2D eigenvalue weighted by Crippen LogP contribution is 2.13. The molecule has 0 aliphatic rings. The molecular formula is C13H22N2O2S2. The van der Waals surface area contributed by atoms with Crippen molar-refractivity contribution < 1.29 is 8.42 Å². The Balaban J connectivity index is 2.79. The van der Waals surface area contributed by atoms with E-state index in [9.17, 15) is 8.42 Å². The Morgan fingerprint density at radius 2 is 2.11 bits per heavy atom. The Bertz CT molecular complexity index is 489. The molecule has 1 unspecified atom stereocenters. The summed E-state index contributed by atoms with van der Waals surface area (Å²) in [4.78, 5) is 0.330. The minimum atomic E-state index is -3.42. The van der Waals surface area contributed by atoms with Crippen molar-refractivity contribution in [3.63, 3.8) is 0 Å². The Hall–Kier alpha value is -0.560. The van der Waals surface area contributed by atoms with Gasteiger partial charge in [-0.2, -0.15) is 11.8 Å². The first-order chi connectivity index (χ1) is 8.99. The number of benzene rings is 1. The molecule has 0 amide bonds. The van der Waals surface area contributed by atoms with E-state index in [1.54, 1.807) is 30.0 Å². The second kappa shape index (κ2) is 7.89. The summed E-state index contributed by atoms with van der Waals surface area (Å²) in [7, 11) is -1.58. The van der Waals surface area contributed by atoms with Crippen LogP contribution in [0.25, 0.3) is 0 Å². The summed E-state index contributed by atoms with van der Waals surface area (Å²) in [5.74, 6) is 0.948. The normalized spacial score (nSPS) is 13.4. The molecule has 0 aliphatic heterocycles. The molecule has 0 fully saturated rings. The van der Waals surface area contributed by atoms with Crippen LogP contribution in [0, 0.1) is 0 Å². The number of nitrogens with one attached hydrogen (secondary N) is 2. The lowest BCUT2D eigenvalue weighted by atomic mass is 10.2. The lowest BCUT2D eigenvalue weighted by molar-refractivity contribution is 0.557. The molecule has 0 saturated carbocycles. The van der Waals surface area contributed by atoms with E-state index in [2.05, 4.69) is 10.0 Å². The van der Waals surface area contributed by atoms with Crippen LogP contribution in [0.1, 0.15) is 18.9 Å². The summed E-state index contributed by atoms with van der Waals surface area (Å²) >= 11 is 1.72. The van der Waals surface area contributed by atoms with Crippen molar-refractivity contribution in [3.8, 4) is 0 Å². The van der Waals surface area contributed by atoms with E-state index in [0.29, 0.717) is 11.4 Å². The third kappa shape index (κ3) is 5.52. The van der Waals surface area contributed by atoms with Crippen LogP contribution in [0.3, 0.4) is 0 Å². The summed E-state index contributed by atoms with van der Waals surface area (Å²) in [5, 5.41) is 3.01. The lowest BCUT2D eigenvalue weighted by Gasteiger charge is -2.14. The Morgan fingerprint density at radius 3 is 2.74 bits per heavy atom. The van der Waals surface area contributed by atoms with Gasteiger partial charge >= 0.3 is 0 Å². The monoisotopic (exact) mass is 302 g/mol. The fourth-order valence-corrected chi connectivity index (χ4v) is 3.65. The van der Waals surface area contributed by atoms with E-state index in [-0.39, 0.29) is 6.04 Å². The van der Waals surface area contributed by atoms with Gasteiger partial charge in [-0.05, 0) is 50.1 Å². The van der Waals surface area contributed by atoms with Gasteiger partial charge in [0, 0.05) is 12.6 Å². The zero-order valence-corrected chi connectivity index (χ0v) is 13.3. The van der Waals surface area contributed by atoms with Gasteiger partial charge in [0.15, 0.2) is 0 Å². The predicted molar refractivity (Wildman–Crippen MR) is 82.0 cm³/mol. The first-order valence-electron chi connectivity index (χ1n) is 6.24. The molecule has 6 heteroatoms. The van der Waals surface area contributed by atoms with Crippen molar-refractivity contribution in [2.75, 3.05) is 19.1 Å². The van der Waals surface area contributed by atoms with E-state index in [0.717, 1.165) is 17.7 Å². The van der Waals surface area contributed by atoms with Crippen molar-refractivity contribution in [3.05, 3.63) is 29.8 Å². The number of hydrogen-bond acceptors (Lipinski definition) is 4. The van der Waals surface area contributed by atoms with Crippen LogP contribution in [0.5, 0.6) is 0 Å². The zero-order valence-electron chi connectivity index (χ0n) is 11.6. The standard InChI is InChI=1S/C13H22N2O2S2/c1-11(7-8-18-3)15-19(16,17)13-6-4-5-12(9-13)10-14-2/h4-6,9,11,14-15H,7-8,10H2,1-3H3. The molecule has 2 N–H and O–H groups in total. The van der Waals surface area contributed by atoms with Gasteiger partial charge in [0.2, 0.25) is 10.0 Å². The molecule has 0 spiro atoms. The van der Waals surface area contributed by atoms with E-state index in [4.69, 9.17) is 0 Å². The zero-order chi connectivity index (χ0) is 14.3. The lowest BCUT2D eigenvalue weighted by Crippen LogP contribution is -2.33. The second-order valence-corrected chi connectivity index (χ2v) is 7.18. The SMILES string of the molecule is CNCc1cccc(S(=O)(=O)NC(C)CCSC)c1.